The van der Waals surface area contributed by atoms with Crippen LogP contribution < -0.4 is 5.32 Å². The van der Waals surface area contributed by atoms with E-state index in [2.05, 4.69) is 5.32 Å². The average Bonchev–Trinajstić information content (AvgIpc) is 3.14. The highest BCUT2D eigenvalue weighted by atomic mass is 16.8. The largest absolute Gasteiger partial charge is 0.508 e. The molecule has 0 aromatic heterocycles. The second-order valence-electron chi connectivity index (χ2n) is 18.4. The van der Waals surface area contributed by atoms with Crippen molar-refractivity contribution >= 4 is 35.8 Å². The Morgan fingerprint density at radius 1 is 1.03 bits per heavy atom. The predicted octanol–water partition coefficient (Wildman–Crippen LogP) is 4.45. The number of amides is 1. The Kier molecular flexibility index (Phi) is 13.2. The maximum atomic E-state index is 14.6. The lowest BCUT2D eigenvalue weighted by Crippen LogP contribution is -2.74. The number of hydrogen-bond donors (Lipinski definition) is 3. The molecule has 15 heteroatoms. The lowest BCUT2D eigenvalue weighted by atomic mass is 9.53. The number of ketones is 1. The van der Waals surface area contributed by atoms with Crippen molar-refractivity contribution in [2.24, 2.45) is 40.4 Å². The van der Waals surface area contributed by atoms with Crippen molar-refractivity contribution in [1.82, 2.24) is 5.32 Å². The summed E-state index contributed by atoms with van der Waals surface area (Å²) in [6.07, 6.45) is -7.61. The van der Waals surface area contributed by atoms with Gasteiger partial charge in [-0.05, 0) is 40.9 Å². The number of carbonyl (C=O) groups excluding carboxylic acids is 6. The molecule has 3 aliphatic carbocycles. The molecule has 1 heterocycles. The number of aliphatic hydroxyl groups excluding tert-OH is 2. The third-order valence-corrected chi connectivity index (χ3v) is 12.3. The standard InChI is InChI=1S/C43H59NO14/c1-21(2)34(44-31(48)19-41(5,6)7)35(49)39(51)56-29-17-26-36(57-38(50)24-14-12-11-13-15-24)33-25(27(46)18-30-43(33,20-54-30)58-40(52)53-10)16-28(47)37(55-23(4)45)32(22(29)3)42(26,8)9/h11-15,21-22,25-27,29-30,33-36,46,49H,16-20H2,1-10H3,(H,44,48)/t22?,25-,26?,27-,29?,30+,33+,34-,35+,36?,43-/m0/s1. The zero-order valence-corrected chi connectivity index (χ0v) is 35.1. The molecular formula is C43H59NO14. The number of esters is 3. The molecule has 1 saturated heterocycles. The molecule has 1 amide bonds. The Morgan fingerprint density at radius 3 is 2.24 bits per heavy atom. The summed E-state index contributed by atoms with van der Waals surface area (Å²) in [5.74, 6) is -8.04. The van der Waals surface area contributed by atoms with Gasteiger partial charge in [0, 0.05) is 49.9 Å². The molecule has 3 N–H and O–H groups in total. The fourth-order valence-corrected chi connectivity index (χ4v) is 9.58. The van der Waals surface area contributed by atoms with E-state index in [0.29, 0.717) is 5.57 Å². The quantitative estimate of drug-likeness (QED) is 0.220. The molecule has 1 aromatic carbocycles. The van der Waals surface area contributed by atoms with Gasteiger partial charge in [-0.15, -0.1) is 0 Å². The molecule has 4 aliphatic rings. The molecule has 4 unspecified atom stereocenters. The van der Waals surface area contributed by atoms with Crippen molar-refractivity contribution in [1.29, 1.82) is 0 Å². The van der Waals surface area contributed by atoms with Crippen LogP contribution >= 0.6 is 0 Å². The van der Waals surface area contributed by atoms with Crippen molar-refractivity contribution in [3.63, 3.8) is 0 Å². The highest BCUT2D eigenvalue weighted by molar-refractivity contribution is 5.97. The molecule has 58 heavy (non-hydrogen) atoms. The monoisotopic (exact) mass is 813 g/mol. The summed E-state index contributed by atoms with van der Waals surface area (Å²) in [6, 6.07) is 7.19. The zero-order valence-electron chi connectivity index (χ0n) is 35.1. The van der Waals surface area contributed by atoms with E-state index >= 15 is 0 Å². The van der Waals surface area contributed by atoms with Crippen molar-refractivity contribution in [2.45, 2.75) is 130 Å². The van der Waals surface area contributed by atoms with Gasteiger partial charge in [0.1, 0.15) is 18.3 Å². The smallest absolute Gasteiger partial charge is 0.460 e. The minimum Gasteiger partial charge on any atom is -0.460 e. The van der Waals surface area contributed by atoms with Gasteiger partial charge in [0.2, 0.25) is 5.91 Å². The van der Waals surface area contributed by atoms with Gasteiger partial charge < -0.3 is 44.0 Å². The van der Waals surface area contributed by atoms with E-state index in [1.54, 1.807) is 65.0 Å². The first-order valence-corrected chi connectivity index (χ1v) is 20.0. The van der Waals surface area contributed by atoms with Gasteiger partial charge in [-0.3, -0.25) is 14.4 Å². The van der Waals surface area contributed by atoms with Crippen LogP contribution in [0.2, 0.25) is 0 Å². The SMILES string of the molecule is COC(=O)O[C@@]12CO[C@@H]1C[C@H](O)[C@@H]1CC(=O)C(OC(C)=O)=C3C(C)C(OC(=O)[C@H](O)[C@@H](NC(=O)CC(C)(C)C)C(C)C)CC(C(OC(=O)c4ccccc4)[C@@H]12)C3(C)C. The van der Waals surface area contributed by atoms with E-state index in [-0.39, 0.29) is 54.4 Å². The summed E-state index contributed by atoms with van der Waals surface area (Å²) >= 11 is 0. The summed E-state index contributed by atoms with van der Waals surface area (Å²) in [6.45, 7) is 15.5. The van der Waals surface area contributed by atoms with Gasteiger partial charge in [-0.25, -0.2) is 14.4 Å². The number of methoxy groups -OCH3 is 1. The van der Waals surface area contributed by atoms with Crippen LogP contribution in [0.1, 0.15) is 98.4 Å². The van der Waals surface area contributed by atoms with E-state index < -0.39 is 108 Å². The molecule has 1 aromatic rings. The van der Waals surface area contributed by atoms with E-state index in [1.807, 2.05) is 20.8 Å². The first-order chi connectivity index (χ1) is 27.0. The molecule has 3 fully saturated rings. The zero-order chi connectivity index (χ0) is 43.1. The molecule has 2 bridgehead atoms. The normalized spacial score (nSPS) is 31.4. The van der Waals surface area contributed by atoms with Crippen molar-refractivity contribution in [3.8, 4) is 0 Å². The minimum absolute atomic E-state index is 0.0216. The summed E-state index contributed by atoms with van der Waals surface area (Å²) in [7, 11) is 1.14. The Bertz CT molecular complexity index is 1780. The number of nitrogens with one attached hydrogen (secondary N) is 1. The molecule has 320 valence electrons. The van der Waals surface area contributed by atoms with Crippen LogP contribution in [0.5, 0.6) is 0 Å². The van der Waals surface area contributed by atoms with Gasteiger partial charge in [0.25, 0.3) is 0 Å². The molecule has 2 saturated carbocycles. The van der Waals surface area contributed by atoms with Crippen LogP contribution in [0.15, 0.2) is 41.7 Å². The molecule has 11 atom stereocenters. The Morgan fingerprint density at radius 2 is 1.69 bits per heavy atom. The molecule has 0 radical (unpaired) electrons. The second-order valence-corrected chi connectivity index (χ2v) is 18.4. The number of benzene rings is 1. The summed E-state index contributed by atoms with van der Waals surface area (Å²) in [5.41, 5.74) is -2.56. The molecule has 5 rings (SSSR count). The molecule has 0 spiro atoms. The van der Waals surface area contributed by atoms with E-state index in [1.165, 1.54) is 0 Å². The van der Waals surface area contributed by atoms with Crippen molar-refractivity contribution in [3.05, 3.63) is 47.2 Å². The van der Waals surface area contributed by atoms with E-state index in [9.17, 15) is 39.0 Å². The third kappa shape index (κ3) is 8.96. The number of allylic oxidation sites excluding steroid dienone is 1. The van der Waals surface area contributed by atoms with Gasteiger partial charge in [-0.2, -0.15) is 0 Å². The first kappa shape index (κ1) is 44.8. The number of fused-ring (bicyclic) bond motifs is 5. The number of carbonyl (C=O) groups is 6. The maximum absolute atomic E-state index is 14.6. The summed E-state index contributed by atoms with van der Waals surface area (Å²) in [4.78, 5) is 81.5. The van der Waals surface area contributed by atoms with Gasteiger partial charge in [-0.1, -0.05) is 73.6 Å². The van der Waals surface area contributed by atoms with Crippen LogP contribution in [-0.2, 0) is 47.6 Å². The van der Waals surface area contributed by atoms with Gasteiger partial charge in [0.15, 0.2) is 23.2 Å². The van der Waals surface area contributed by atoms with Crippen LogP contribution in [0.4, 0.5) is 4.79 Å². The van der Waals surface area contributed by atoms with Gasteiger partial charge in [0.05, 0.1) is 31.4 Å². The number of ether oxygens (including phenoxy) is 6. The summed E-state index contributed by atoms with van der Waals surface area (Å²) in [5, 5.41) is 26.0. The number of aliphatic hydroxyl groups is 2. The first-order valence-electron chi connectivity index (χ1n) is 20.0. The van der Waals surface area contributed by atoms with Crippen LogP contribution in [-0.4, -0.2) is 102 Å². The number of rotatable bonds is 10. The third-order valence-electron chi connectivity index (χ3n) is 12.3. The number of hydrogen-bond acceptors (Lipinski definition) is 14. The lowest BCUT2D eigenvalue weighted by molar-refractivity contribution is -0.320. The number of Topliss-reactive ketones (excluding diaryl/α,β-unsaturated/α-hetero) is 1. The Balaban J connectivity index is 1.67. The topological polar surface area (TPSA) is 210 Å². The summed E-state index contributed by atoms with van der Waals surface area (Å²) < 4.78 is 35.3. The van der Waals surface area contributed by atoms with E-state index in [4.69, 9.17) is 28.4 Å². The van der Waals surface area contributed by atoms with Crippen LogP contribution in [0.25, 0.3) is 0 Å². The average molecular weight is 814 g/mol. The van der Waals surface area contributed by atoms with Gasteiger partial charge >= 0.3 is 24.1 Å². The fourth-order valence-electron chi connectivity index (χ4n) is 9.58. The Labute approximate surface area is 339 Å². The predicted molar refractivity (Wildman–Crippen MR) is 205 cm³/mol. The van der Waals surface area contributed by atoms with E-state index in [0.717, 1.165) is 14.0 Å². The highest BCUT2D eigenvalue weighted by Gasteiger charge is 2.70. The molecular weight excluding hydrogens is 754 g/mol. The Hall–Kier alpha value is -4.34. The maximum Gasteiger partial charge on any atom is 0.508 e. The molecule has 1 aliphatic heterocycles. The molecule has 15 nitrogen and oxygen atoms in total. The van der Waals surface area contributed by atoms with Crippen molar-refractivity contribution in [2.75, 3.05) is 13.7 Å². The van der Waals surface area contributed by atoms with Crippen LogP contribution in [0, 0.1) is 40.4 Å². The van der Waals surface area contributed by atoms with Crippen LogP contribution in [0.3, 0.4) is 0 Å². The minimum atomic E-state index is -1.80. The second kappa shape index (κ2) is 17.1. The lowest BCUT2D eigenvalue weighted by Gasteiger charge is -2.61. The highest BCUT2D eigenvalue weighted by Crippen LogP contribution is 2.60. The van der Waals surface area contributed by atoms with Crippen molar-refractivity contribution < 1.29 is 67.4 Å². The fraction of sp³-hybridized carbons (Fsp3) is 0.674.